The lowest BCUT2D eigenvalue weighted by Crippen LogP contribution is -2.17. The Bertz CT molecular complexity index is 652. The first-order valence-corrected chi connectivity index (χ1v) is 8.57. The normalized spacial score (nSPS) is 10.0. The molecule has 0 saturated carbocycles. The molecule has 2 N–H and O–H groups in total. The lowest BCUT2D eigenvalue weighted by Gasteiger charge is -2.08. The molecule has 0 unspecified atom stereocenters. The molecule has 0 bridgehead atoms. The Morgan fingerprint density at radius 3 is 2.29 bits per heavy atom. The molecule has 0 aliphatic rings. The number of primary amides is 1. The van der Waals surface area contributed by atoms with Crippen molar-refractivity contribution in [2.45, 2.75) is 46.8 Å². The average molecular weight is 372 g/mol. The van der Waals surface area contributed by atoms with Crippen molar-refractivity contribution < 1.29 is 9.53 Å². The van der Waals surface area contributed by atoms with Gasteiger partial charge in [0.25, 0.3) is 0 Å². The largest absolute Gasteiger partial charge is 0.426 e. The van der Waals surface area contributed by atoms with Crippen LogP contribution in [0.25, 0.3) is 0 Å². The van der Waals surface area contributed by atoms with Gasteiger partial charge in [0.2, 0.25) is 0 Å². The Morgan fingerprint density at radius 1 is 1.21 bits per heavy atom. The van der Waals surface area contributed by atoms with Crippen molar-refractivity contribution in [1.29, 1.82) is 0 Å². The highest BCUT2D eigenvalue weighted by Crippen LogP contribution is 2.22. The number of aromatic nitrogens is 2. The summed E-state index contributed by atoms with van der Waals surface area (Å²) in [6.45, 7) is 6.26. The molecule has 0 aliphatic heterocycles. The van der Waals surface area contributed by atoms with E-state index in [4.69, 9.17) is 33.7 Å². The molecule has 0 aliphatic carbocycles. The molecule has 0 saturated heterocycles. The number of benzene rings is 1. The minimum Gasteiger partial charge on any atom is -0.426 e. The minimum absolute atomic E-state index is 0.00874. The van der Waals surface area contributed by atoms with E-state index in [1.54, 1.807) is 16.9 Å². The van der Waals surface area contributed by atoms with Gasteiger partial charge >= 0.3 is 6.09 Å². The quantitative estimate of drug-likeness (QED) is 0.819. The van der Waals surface area contributed by atoms with Gasteiger partial charge in [0, 0.05) is 22.2 Å². The number of ether oxygens (including phenoxy) is 1. The van der Waals surface area contributed by atoms with Crippen LogP contribution in [-0.2, 0) is 24.3 Å². The fourth-order valence-corrected chi connectivity index (χ4v) is 2.75. The lowest BCUT2D eigenvalue weighted by molar-refractivity contribution is 0.115. The second-order valence-electron chi connectivity index (χ2n) is 5.22. The van der Waals surface area contributed by atoms with Crippen molar-refractivity contribution in [3.63, 3.8) is 0 Å². The van der Waals surface area contributed by atoms with Crippen LogP contribution < -0.4 is 5.73 Å². The van der Waals surface area contributed by atoms with Crippen molar-refractivity contribution in [3.8, 4) is 0 Å². The number of hydrogen-bond donors (Lipinski definition) is 1. The standard InChI is InChI=1S/C14H15Cl2N3O2.C3H8/c1-2-13-10(7-18-19(13)8-21-14(17)20)3-9-4-11(15)6-12(16)5-9;1-3-2/h4-7H,2-3,8H2,1H3,(H2,17,20);3H2,1-2H3. The Kier molecular flexibility index (Phi) is 8.65. The van der Waals surface area contributed by atoms with Crippen LogP contribution in [0.3, 0.4) is 0 Å². The van der Waals surface area contributed by atoms with Crippen molar-refractivity contribution in [3.05, 3.63) is 51.3 Å². The molecule has 1 aromatic carbocycles. The van der Waals surface area contributed by atoms with Crippen LogP contribution in [0.1, 0.15) is 44.0 Å². The Balaban J connectivity index is 0.000000891. The molecule has 0 fully saturated rings. The Hall–Kier alpha value is -1.72. The summed E-state index contributed by atoms with van der Waals surface area (Å²) in [5.74, 6) is 0. The van der Waals surface area contributed by atoms with E-state index in [2.05, 4.69) is 18.9 Å². The molecule has 132 valence electrons. The predicted octanol–water partition coefficient (Wildman–Crippen LogP) is 4.81. The van der Waals surface area contributed by atoms with E-state index in [1.165, 1.54) is 6.42 Å². The van der Waals surface area contributed by atoms with Crippen LogP contribution >= 0.6 is 23.2 Å². The predicted molar refractivity (Wildman–Crippen MR) is 97.5 cm³/mol. The zero-order chi connectivity index (χ0) is 18.1. The maximum Gasteiger partial charge on any atom is 0.406 e. The molecule has 0 spiro atoms. The van der Waals surface area contributed by atoms with Gasteiger partial charge < -0.3 is 10.5 Å². The number of amides is 1. The highest BCUT2D eigenvalue weighted by molar-refractivity contribution is 6.34. The van der Waals surface area contributed by atoms with E-state index in [-0.39, 0.29) is 6.73 Å². The molecule has 7 heteroatoms. The zero-order valence-corrected chi connectivity index (χ0v) is 15.7. The number of halogens is 2. The first-order valence-electron chi connectivity index (χ1n) is 7.81. The number of carbonyl (C=O) groups excluding carboxylic acids is 1. The Labute approximate surface area is 152 Å². The third-order valence-electron chi connectivity index (χ3n) is 3.02. The summed E-state index contributed by atoms with van der Waals surface area (Å²) < 4.78 is 6.39. The molecule has 24 heavy (non-hydrogen) atoms. The molecule has 1 heterocycles. The van der Waals surface area contributed by atoms with Crippen LogP contribution in [0, 0.1) is 0 Å². The first kappa shape index (κ1) is 20.3. The van der Waals surface area contributed by atoms with Crippen LogP contribution in [-0.4, -0.2) is 15.9 Å². The van der Waals surface area contributed by atoms with Gasteiger partial charge in [-0.3, -0.25) is 0 Å². The first-order chi connectivity index (χ1) is 11.4. The third-order valence-corrected chi connectivity index (χ3v) is 3.45. The van der Waals surface area contributed by atoms with Crippen molar-refractivity contribution in [2.24, 2.45) is 5.73 Å². The van der Waals surface area contributed by atoms with E-state index in [9.17, 15) is 4.79 Å². The van der Waals surface area contributed by atoms with Crippen LogP contribution in [0.5, 0.6) is 0 Å². The highest BCUT2D eigenvalue weighted by atomic mass is 35.5. The third kappa shape index (κ3) is 6.42. The summed E-state index contributed by atoms with van der Waals surface area (Å²) >= 11 is 12.0. The van der Waals surface area contributed by atoms with Gasteiger partial charge in [-0.1, -0.05) is 50.4 Å². The number of carbonyl (C=O) groups is 1. The maximum atomic E-state index is 10.7. The van der Waals surface area contributed by atoms with E-state index in [0.717, 1.165) is 23.2 Å². The van der Waals surface area contributed by atoms with Crippen molar-refractivity contribution in [1.82, 2.24) is 9.78 Å². The van der Waals surface area contributed by atoms with Gasteiger partial charge in [-0.25, -0.2) is 9.48 Å². The molecule has 0 atom stereocenters. The van der Waals surface area contributed by atoms with E-state index < -0.39 is 6.09 Å². The summed E-state index contributed by atoms with van der Waals surface area (Å²) in [6, 6.07) is 5.42. The topological polar surface area (TPSA) is 70.1 Å². The summed E-state index contributed by atoms with van der Waals surface area (Å²) in [5.41, 5.74) is 7.97. The summed E-state index contributed by atoms with van der Waals surface area (Å²) in [6.07, 6.45) is 3.58. The molecule has 5 nitrogen and oxygen atoms in total. The van der Waals surface area contributed by atoms with E-state index in [0.29, 0.717) is 16.5 Å². The van der Waals surface area contributed by atoms with Crippen molar-refractivity contribution >= 4 is 29.3 Å². The van der Waals surface area contributed by atoms with Gasteiger partial charge in [-0.2, -0.15) is 5.10 Å². The molecular weight excluding hydrogens is 349 g/mol. The highest BCUT2D eigenvalue weighted by Gasteiger charge is 2.11. The molecule has 2 aromatic rings. The van der Waals surface area contributed by atoms with E-state index in [1.807, 2.05) is 19.1 Å². The summed E-state index contributed by atoms with van der Waals surface area (Å²) in [7, 11) is 0. The van der Waals surface area contributed by atoms with Crippen LogP contribution in [0.2, 0.25) is 10.0 Å². The average Bonchev–Trinajstić information content (AvgIpc) is 2.86. The fourth-order valence-electron chi connectivity index (χ4n) is 2.18. The number of hydrogen-bond acceptors (Lipinski definition) is 3. The van der Waals surface area contributed by atoms with Gasteiger partial charge in [0.05, 0.1) is 6.20 Å². The second-order valence-corrected chi connectivity index (χ2v) is 6.10. The summed E-state index contributed by atoms with van der Waals surface area (Å²) in [4.78, 5) is 10.7. The Morgan fingerprint density at radius 2 is 1.79 bits per heavy atom. The monoisotopic (exact) mass is 371 g/mol. The van der Waals surface area contributed by atoms with Gasteiger partial charge in [0.15, 0.2) is 6.73 Å². The summed E-state index contributed by atoms with van der Waals surface area (Å²) in [5, 5.41) is 5.41. The number of rotatable bonds is 5. The van der Waals surface area contributed by atoms with Crippen molar-refractivity contribution in [2.75, 3.05) is 0 Å². The van der Waals surface area contributed by atoms with E-state index >= 15 is 0 Å². The molecule has 0 radical (unpaired) electrons. The maximum absolute atomic E-state index is 10.7. The minimum atomic E-state index is -0.823. The second kappa shape index (κ2) is 10.2. The molecule has 2 rings (SSSR count). The zero-order valence-electron chi connectivity index (χ0n) is 14.2. The smallest absolute Gasteiger partial charge is 0.406 e. The fraction of sp³-hybridized carbons (Fsp3) is 0.412. The van der Waals surface area contributed by atoms with Gasteiger partial charge in [-0.05, 0) is 35.7 Å². The molecule has 1 aromatic heterocycles. The van der Waals surface area contributed by atoms with Crippen LogP contribution in [0.15, 0.2) is 24.4 Å². The van der Waals surface area contributed by atoms with Crippen LogP contribution in [0.4, 0.5) is 4.79 Å². The SMILES string of the molecule is CCC.CCc1c(Cc2cc(Cl)cc(Cl)c2)cnn1COC(N)=O. The molecule has 1 amide bonds. The van der Waals surface area contributed by atoms with Gasteiger partial charge in [0.1, 0.15) is 0 Å². The molecular formula is C17H23Cl2N3O2. The number of nitrogens with zero attached hydrogens (tertiary/aromatic N) is 2. The number of nitrogens with two attached hydrogens (primary N) is 1. The van der Waals surface area contributed by atoms with Gasteiger partial charge in [-0.15, -0.1) is 0 Å². The lowest BCUT2D eigenvalue weighted by atomic mass is 10.0.